The summed E-state index contributed by atoms with van der Waals surface area (Å²) in [6.07, 6.45) is 5.98. The van der Waals surface area contributed by atoms with Gasteiger partial charge >= 0.3 is 0 Å². The van der Waals surface area contributed by atoms with Crippen molar-refractivity contribution in [1.29, 1.82) is 5.26 Å². The molecule has 30 heavy (non-hydrogen) atoms. The molecule has 4 nitrogen and oxygen atoms in total. The average molecular weight is 418 g/mol. The largest absolute Gasteiger partial charge is 0.349 e. The predicted molar refractivity (Wildman–Crippen MR) is 121 cm³/mol. The van der Waals surface area contributed by atoms with E-state index in [-0.39, 0.29) is 17.5 Å². The van der Waals surface area contributed by atoms with E-state index in [2.05, 4.69) is 22.0 Å². The maximum atomic E-state index is 12.7. The molecule has 0 saturated heterocycles. The summed E-state index contributed by atoms with van der Waals surface area (Å²) in [4.78, 5) is 12.7. The summed E-state index contributed by atoms with van der Waals surface area (Å²) in [6, 6.07) is 18.2. The lowest BCUT2D eigenvalue weighted by molar-refractivity contribution is -0.117. The van der Waals surface area contributed by atoms with Crippen molar-refractivity contribution < 1.29 is 4.79 Å². The van der Waals surface area contributed by atoms with E-state index in [9.17, 15) is 10.1 Å². The summed E-state index contributed by atoms with van der Waals surface area (Å²) in [5, 5.41) is 14.4. The van der Waals surface area contributed by atoms with Crippen LogP contribution in [0.2, 0.25) is 5.02 Å². The fourth-order valence-corrected chi connectivity index (χ4v) is 4.37. The third-order valence-corrected chi connectivity index (χ3v) is 6.13. The number of halogens is 1. The maximum absolute atomic E-state index is 12.7. The Labute approximate surface area is 181 Å². The molecule has 1 aliphatic carbocycles. The number of nitrogens with one attached hydrogen (secondary N) is 1. The van der Waals surface area contributed by atoms with Crippen molar-refractivity contribution in [2.45, 2.75) is 45.2 Å². The van der Waals surface area contributed by atoms with E-state index < -0.39 is 0 Å². The molecule has 1 fully saturated rings. The van der Waals surface area contributed by atoms with E-state index in [1.165, 1.54) is 0 Å². The molecular formula is C25H24ClN3O. The van der Waals surface area contributed by atoms with Crippen molar-refractivity contribution >= 4 is 34.5 Å². The van der Waals surface area contributed by atoms with Gasteiger partial charge in [0.1, 0.15) is 11.6 Å². The highest BCUT2D eigenvalue weighted by molar-refractivity contribution is 6.30. The van der Waals surface area contributed by atoms with Crippen LogP contribution in [0.25, 0.3) is 17.0 Å². The highest BCUT2D eigenvalue weighted by atomic mass is 35.5. The number of benzene rings is 2. The minimum absolute atomic E-state index is 0.152. The van der Waals surface area contributed by atoms with E-state index in [1.807, 2.05) is 49.4 Å². The Morgan fingerprint density at radius 3 is 2.60 bits per heavy atom. The highest BCUT2D eigenvalue weighted by Crippen LogP contribution is 2.29. The lowest BCUT2D eigenvalue weighted by atomic mass is 10.1. The first-order valence-electron chi connectivity index (χ1n) is 10.3. The van der Waals surface area contributed by atoms with Crippen LogP contribution in [0.4, 0.5) is 0 Å². The summed E-state index contributed by atoms with van der Waals surface area (Å²) < 4.78 is 2.22. The molecule has 1 saturated carbocycles. The van der Waals surface area contributed by atoms with E-state index in [0.717, 1.165) is 53.4 Å². The van der Waals surface area contributed by atoms with E-state index in [0.29, 0.717) is 11.6 Å². The molecule has 1 amide bonds. The lowest BCUT2D eigenvalue weighted by Crippen LogP contribution is -2.33. The van der Waals surface area contributed by atoms with Crippen LogP contribution < -0.4 is 5.32 Å². The SMILES string of the molecule is Cc1c(/C=C(/C#N)C(=O)NC2CCCC2)c2ccccc2n1Cc1ccc(Cl)cc1. The van der Waals surface area contributed by atoms with Gasteiger partial charge in [0, 0.05) is 39.8 Å². The number of carbonyl (C=O) groups excluding carboxylic acids is 1. The maximum Gasteiger partial charge on any atom is 0.262 e. The van der Waals surface area contributed by atoms with E-state index in [1.54, 1.807) is 6.08 Å². The number of para-hydroxylation sites is 1. The quantitative estimate of drug-likeness (QED) is 0.432. The topological polar surface area (TPSA) is 57.8 Å². The first kappa shape index (κ1) is 20.3. The fourth-order valence-electron chi connectivity index (χ4n) is 4.24. The molecule has 0 bridgehead atoms. The third kappa shape index (κ3) is 4.13. The molecule has 0 unspecified atom stereocenters. The number of hydrogen-bond donors (Lipinski definition) is 1. The number of hydrogen-bond acceptors (Lipinski definition) is 2. The van der Waals surface area contributed by atoms with Gasteiger partial charge < -0.3 is 9.88 Å². The normalized spacial score (nSPS) is 14.8. The minimum Gasteiger partial charge on any atom is -0.349 e. The number of amides is 1. The molecule has 1 aromatic heterocycles. The molecule has 5 heteroatoms. The van der Waals surface area contributed by atoms with Gasteiger partial charge in [-0.05, 0) is 49.6 Å². The summed E-state index contributed by atoms with van der Waals surface area (Å²) in [7, 11) is 0. The number of nitrogens with zero attached hydrogens (tertiary/aromatic N) is 2. The second kappa shape index (κ2) is 8.77. The Kier molecular flexibility index (Phi) is 5.92. The average Bonchev–Trinajstić information content (AvgIpc) is 3.35. The zero-order chi connectivity index (χ0) is 21.1. The summed E-state index contributed by atoms with van der Waals surface area (Å²) >= 11 is 6.03. The molecule has 1 N–H and O–H groups in total. The Morgan fingerprint density at radius 2 is 1.90 bits per heavy atom. The van der Waals surface area contributed by atoms with Crippen LogP contribution >= 0.6 is 11.6 Å². The number of carbonyl (C=O) groups is 1. The van der Waals surface area contributed by atoms with Gasteiger partial charge in [-0.15, -0.1) is 0 Å². The Balaban J connectivity index is 1.72. The fraction of sp³-hybridized carbons (Fsp3) is 0.280. The van der Waals surface area contributed by atoms with Crippen LogP contribution in [0.3, 0.4) is 0 Å². The monoisotopic (exact) mass is 417 g/mol. The van der Waals surface area contributed by atoms with Crippen LogP contribution in [0.5, 0.6) is 0 Å². The molecule has 1 aliphatic rings. The molecule has 152 valence electrons. The number of nitriles is 1. The van der Waals surface area contributed by atoms with Gasteiger partial charge in [-0.25, -0.2) is 0 Å². The van der Waals surface area contributed by atoms with Gasteiger partial charge in [0.15, 0.2) is 0 Å². The van der Waals surface area contributed by atoms with Gasteiger partial charge in [0.2, 0.25) is 0 Å². The first-order chi connectivity index (χ1) is 14.6. The van der Waals surface area contributed by atoms with Gasteiger partial charge in [0.25, 0.3) is 5.91 Å². The molecule has 4 rings (SSSR count). The third-order valence-electron chi connectivity index (χ3n) is 5.88. The van der Waals surface area contributed by atoms with Crippen molar-refractivity contribution in [3.63, 3.8) is 0 Å². The van der Waals surface area contributed by atoms with E-state index >= 15 is 0 Å². The standard InChI is InChI=1S/C25H24ClN3O/c1-17-23(14-19(15-27)25(30)28-21-6-2-3-7-21)22-8-4-5-9-24(22)29(17)16-18-10-12-20(26)13-11-18/h4-5,8-14,21H,2-3,6-7,16H2,1H3,(H,28,30)/b19-14-. The highest BCUT2D eigenvalue weighted by Gasteiger charge is 2.20. The van der Waals surface area contributed by atoms with Gasteiger partial charge in [-0.3, -0.25) is 4.79 Å². The van der Waals surface area contributed by atoms with Crippen LogP contribution in [-0.4, -0.2) is 16.5 Å². The summed E-state index contributed by atoms with van der Waals surface area (Å²) in [6.45, 7) is 2.72. The van der Waals surface area contributed by atoms with Crippen molar-refractivity contribution in [1.82, 2.24) is 9.88 Å². The zero-order valence-corrected chi connectivity index (χ0v) is 17.7. The minimum atomic E-state index is -0.279. The summed E-state index contributed by atoms with van der Waals surface area (Å²) in [5.74, 6) is -0.279. The van der Waals surface area contributed by atoms with Crippen molar-refractivity contribution in [3.8, 4) is 6.07 Å². The van der Waals surface area contributed by atoms with Crippen LogP contribution in [-0.2, 0) is 11.3 Å². The second-order valence-corrected chi connectivity index (χ2v) is 8.29. The Bertz CT molecular complexity index is 1150. The molecular weight excluding hydrogens is 394 g/mol. The van der Waals surface area contributed by atoms with Crippen molar-refractivity contribution in [3.05, 3.63) is 75.9 Å². The summed E-state index contributed by atoms with van der Waals surface area (Å²) in [5.41, 5.74) is 4.30. The molecule has 0 radical (unpaired) electrons. The second-order valence-electron chi connectivity index (χ2n) is 7.85. The van der Waals surface area contributed by atoms with Crippen LogP contribution in [0.15, 0.2) is 54.1 Å². The predicted octanol–water partition coefficient (Wildman–Crippen LogP) is 5.62. The van der Waals surface area contributed by atoms with Crippen molar-refractivity contribution in [2.75, 3.05) is 0 Å². The molecule has 2 aromatic carbocycles. The first-order valence-corrected chi connectivity index (χ1v) is 10.7. The number of rotatable bonds is 5. The Hall–Kier alpha value is -3.03. The molecule has 3 aromatic rings. The van der Waals surface area contributed by atoms with Gasteiger partial charge in [-0.2, -0.15) is 5.26 Å². The zero-order valence-electron chi connectivity index (χ0n) is 17.0. The lowest BCUT2D eigenvalue weighted by Gasteiger charge is -2.11. The van der Waals surface area contributed by atoms with Gasteiger partial charge in [0.05, 0.1) is 0 Å². The number of fused-ring (bicyclic) bond motifs is 1. The van der Waals surface area contributed by atoms with Crippen LogP contribution in [0.1, 0.15) is 42.5 Å². The molecule has 0 atom stereocenters. The molecule has 0 spiro atoms. The smallest absolute Gasteiger partial charge is 0.262 e. The molecule has 1 heterocycles. The van der Waals surface area contributed by atoms with Gasteiger partial charge in [-0.1, -0.05) is 54.8 Å². The van der Waals surface area contributed by atoms with Crippen LogP contribution in [0, 0.1) is 18.3 Å². The number of aromatic nitrogens is 1. The molecule has 0 aliphatic heterocycles. The Morgan fingerprint density at radius 1 is 1.20 bits per heavy atom. The van der Waals surface area contributed by atoms with Crippen molar-refractivity contribution in [2.24, 2.45) is 0 Å². The van der Waals surface area contributed by atoms with E-state index in [4.69, 9.17) is 11.6 Å².